The highest BCUT2D eigenvalue weighted by atomic mass is 16.5. The van der Waals surface area contributed by atoms with Crippen LogP contribution in [0.3, 0.4) is 0 Å². The minimum absolute atomic E-state index is 0.284. The van der Waals surface area contributed by atoms with Gasteiger partial charge in [-0.15, -0.1) is 0 Å². The van der Waals surface area contributed by atoms with Gasteiger partial charge in [0.2, 0.25) is 5.91 Å². The van der Waals surface area contributed by atoms with Crippen LogP contribution in [-0.2, 0) is 22.6 Å². The van der Waals surface area contributed by atoms with Crippen molar-refractivity contribution >= 4 is 11.6 Å². The molecule has 0 radical (unpaired) electrons. The number of pyridine rings is 1. The van der Waals surface area contributed by atoms with Gasteiger partial charge in [0.1, 0.15) is 6.04 Å². The molecule has 0 bridgehead atoms. The van der Waals surface area contributed by atoms with Gasteiger partial charge < -0.3 is 10.1 Å². The summed E-state index contributed by atoms with van der Waals surface area (Å²) in [6.45, 7) is 0.432. The van der Waals surface area contributed by atoms with E-state index in [0.29, 0.717) is 25.1 Å². The molecule has 1 atom stereocenters. The van der Waals surface area contributed by atoms with E-state index >= 15 is 0 Å². The Bertz CT molecular complexity index is 510. The van der Waals surface area contributed by atoms with E-state index in [1.165, 1.54) is 0 Å². The molecule has 0 aliphatic carbocycles. The molecule has 94 valence electrons. The van der Waals surface area contributed by atoms with E-state index in [9.17, 15) is 4.79 Å². The van der Waals surface area contributed by atoms with Gasteiger partial charge in [-0.2, -0.15) is 0 Å². The number of azide groups is 1. The number of rotatable bonds is 3. The third-order valence-electron chi connectivity index (χ3n) is 2.78. The van der Waals surface area contributed by atoms with Crippen LogP contribution in [0, 0.1) is 0 Å². The Labute approximate surface area is 104 Å². The van der Waals surface area contributed by atoms with Crippen molar-refractivity contribution in [1.82, 2.24) is 4.98 Å². The lowest BCUT2D eigenvalue weighted by molar-refractivity contribution is -0.117. The van der Waals surface area contributed by atoms with Crippen LogP contribution in [0.25, 0.3) is 10.4 Å². The van der Waals surface area contributed by atoms with E-state index in [0.717, 1.165) is 11.3 Å². The van der Waals surface area contributed by atoms with Gasteiger partial charge in [0, 0.05) is 12.0 Å². The van der Waals surface area contributed by atoms with Crippen molar-refractivity contribution in [3.63, 3.8) is 0 Å². The normalized spacial score (nSPS) is 18.3. The van der Waals surface area contributed by atoms with Gasteiger partial charge >= 0.3 is 0 Å². The molecule has 1 aliphatic rings. The van der Waals surface area contributed by atoms with Crippen LogP contribution in [0.4, 0.5) is 5.69 Å². The Morgan fingerprint density at radius 2 is 2.56 bits per heavy atom. The van der Waals surface area contributed by atoms with Gasteiger partial charge in [-0.1, -0.05) is 5.11 Å². The molecule has 0 saturated heterocycles. The Morgan fingerprint density at radius 3 is 3.28 bits per heavy atom. The molecule has 18 heavy (non-hydrogen) atoms. The number of ether oxygens (including phenoxy) is 1. The van der Waals surface area contributed by atoms with Crippen molar-refractivity contribution in [1.29, 1.82) is 0 Å². The maximum Gasteiger partial charge on any atom is 0.233 e. The lowest BCUT2D eigenvalue weighted by Crippen LogP contribution is -2.24. The minimum Gasteiger partial charge on any atom is -0.378 e. The van der Waals surface area contributed by atoms with E-state index in [-0.39, 0.29) is 5.91 Å². The fourth-order valence-corrected chi connectivity index (χ4v) is 1.90. The molecule has 0 saturated carbocycles. The zero-order valence-corrected chi connectivity index (χ0v) is 9.96. The number of hydrogen-bond acceptors (Lipinski definition) is 4. The first kappa shape index (κ1) is 12.3. The number of fused-ring (bicyclic) bond motifs is 1. The van der Waals surface area contributed by atoms with E-state index in [4.69, 9.17) is 10.3 Å². The number of aryl methyl sites for hydroxylation is 1. The third kappa shape index (κ3) is 2.58. The molecule has 7 heteroatoms. The van der Waals surface area contributed by atoms with Crippen LogP contribution in [0.5, 0.6) is 0 Å². The smallest absolute Gasteiger partial charge is 0.233 e. The molecule has 2 rings (SSSR count). The van der Waals surface area contributed by atoms with Gasteiger partial charge in [-0.3, -0.25) is 9.78 Å². The molecule has 1 aromatic rings. The van der Waals surface area contributed by atoms with E-state index in [2.05, 4.69) is 20.3 Å². The molecule has 7 nitrogen and oxygen atoms in total. The average Bonchev–Trinajstić information content (AvgIpc) is 2.51. The first-order valence-electron chi connectivity index (χ1n) is 5.56. The van der Waals surface area contributed by atoms with Crippen molar-refractivity contribution in [3.8, 4) is 0 Å². The highest BCUT2D eigenvalue weighted by Crippen LogP contribution is 2.23. The summed E-state index contributed by atoms with van der Waals surface area (Å²) in [5.74, 6) is -0.284. The Morgan fingerprint density at radius 1 is 1.72 bits per heavy atom. The molecule has 1 amide bonds. The largest absolute Gasteiger partial charge is 0.378 e. The van der Waals surface area contributed by atoms with Crippen molar-refractivity contribution < 1.29 is 9.53 Å². The fraction of sp³-hybridized carbons (Fsp3) is 0.455. The number of carbonyl (C=O) groups is 1. The molecule has 0 spiro atoms. The Balaban J connectivity index is 2.26. The number of aromatic nitrogens is 1. The second-order valence-electron chi connectivity index (χ2n) is 4.01. The van der Waals surface area contributed by atoms with E-state index < -0.39 is 6.04 Å². The highest BCUT2D eigenvalue weighted by molar-refractivity contribution is 5.96. The van der Waals surface area contributed by atoms with Crippen LogP contribution in [0.2, 0.25) is 0 Å². The van der Waals surface area contributed by atoms with Crippen LogP contribution in [0.15, 0.2) is 17.4 Å². The number of anilines is 1. The zero-order chi connectivity index (χ0) is 13.0. The van der Waals surface area contributed by atoms with Crippen molar-refractivity contribution in [2.24, 2.45) is 5.11 Å². The summed E-state index contributed by atoms with van der Waals surface area (Å²) in [7, 11) is 1.60. The molecule has 1 aromatic heterocycles. The predicted octanol–water partition coefficient (Wildman–Crippen LogP) is 1.79. The lowest BCUT2D eigenvalue weighted by Gasteiger charge is -2.08. The summed E-state index contributed by atoms with van der Waals surface area (Å²) in [5, 5.41) is 6.21. The van der Waals surface area contributed by atoms with Gasteiger partial charge in [-0.05, 0) is 30.0 Å². The van der Waals surface area contributed by atoms with Gasteiger partial charge in [0.05, 0.1) is 24.2 Å². The lowest BCUT2D eigenvalue weighted by atomic mass is 10.1. The number of amides is 1. The summed E-state index contributed by atoms with van der Waals surface area (Å²) in [6, 6.07) is 1.24. The predicted molar refractivity (Wildman–Crippen MR) is 64.8 cm³/mol. The Kier molecular flexibility index (Phi) is 3.76. The monoisotopic (exact) mass is 247 g/mol. The summed E-state index contributed by atoms with van der Waals surface area (Å²) >= 11 is 0. The number of carbonyl (C=O) groups excluding carboxylic acids is 1. The van der Waals surface area contributed by atoms with Crippen molar-refractivity contribution in [3.05, 3.63) is 34.0 Å². The number of nitrogens with one attached hydrogen (secondary N) is 1. The minimum atomic E-state index is -0.659. The molecule has 1 aliphatic heterocycles. The standard InChI is InChI=1S/C11H13N5O2/c1-18-6-8-4-7-2-3-9(15-16-12)11(17)14-10(7)5-13-8/h4-5,9H,2-3,6H2,1H3,(H,14,17). The number of hydrogen-bond donors (Lipinski definition) is 1. The van der Waals surface area contributed by atoms with Crippen molar-refractivity contribution in [2.75, 3.05) is 12.4 Å². The molecular weight excluding hydrogens is 234 g/mol. The van der Waals surface area contributed by atoms with Crippen LogP contribution < -0.4 is 5.32 Å². The number of methoxy groups -OCH3 is 1. The molecular formula is C11H13N5O2. The average molecular weight is 247 g/mol. The van der Waals surface area contributed by atoms with Gasteiger partial charge in [-0.25, -0.2) is 0 Å². The maximum absolute atomic E-state index is 11.7. The van der Waals surface area contributed by atoms with Crippen LogP contribution in [0.1, 0.15) is 17.7 Å². The van der Waals surface area contributed by atoms with Crippen LogP contribution in [-0.4, -0.2) is 24.0 Å². The second-order valence-corrected chi connectivity index (χ2v) is 4.01. The maximum atomic E-state index is 11.7. The molecule has 0 aromatic carbocycles. The summed E-state index contributed by atoms with van der Waals surface area (Å²) in [6.07, 6.45) is 2.77. The summed E-state index contributed by atoms with van der Waals surface area (Å²) < 4.78 is 5.01. The topological polar surface area (TPSA) is 100.0 Å². The van der Waals surface area contributed by atoms with E-state index in [1.807, 2.05) is 6.07 Å². The van der Waals surface area contributed by atoms with Crippen LogP contribution >= 0.6 is 0 Å². The van der Waals surface area contributed by atoms with E-state index in [1.54, 1.807) is 13.3 Å². The SMILES string of the molecule is COCc1cc2c(cn1)NC(=O)C(N=[N+]=[N-])CC2. The Hall–Kier alpha value is -2.11. The first-order valence-corrected chi connectivity index (χ1v) is 5.56. The van der Waals surface area contributed by atoms with Gasteiger partial charge in [0.15, 0.2) is 0 Å². The molecule has 0 fully saturated rings. The first-order chi connectivity index (χ1) is 8.74. The summed E-state index contributed by atoms with van der Waals surface area (Å²) in [4.78, 5) is 18.6. The van der Waals surface area contributed by atoms with Gasteiger partial charge in [0.25, 0.3) is 0 Å². The second kappa shape index (κ2) is 5.48. The van der Waals surface area contributed by atoms with Crippen molar-refractivity contribution in [2.45, 2.75) is 25.5 Å². The molecule has 1 unspecified atom stereocenters. The third-order valence-corrected chi connectivity index (χ3v) is 2.78. The molecule has 1 N–H and O–H groups in total. The zero-order valence-electron chi connectivity index (χ0n) is 9.96. The quantitative estimate of drug-likeness (QED) is 0.500. The number of nitrogens with zero attached hydrogens (tertiary/aromatic N) is 4. The fourth-order valence-electron chi connectivity index (χ4n) is 1.90. The molecule has 2 heterocycles. The highest BCUT2D eigenvalue weighted by Gasteiger charge is 2.22. The summed E-state index contributed by atoms with van der Waals surface area (Å²) in [5.41, 5.74) is 10.9.